The zero-order valence-electron chi connectivity index (χ0n) is 14.7. The summed E-state index contributed by atoms with van der Waals surface area (Å²) >= 11 is 6.04. The summed E-state index contributed by atoms with van der Waals surface area (Å²) in [7, 11) is 0. The molecule has 0 spiro atoms. The van der Waals surface area contributed by atoms with Gasteiger partial charge in [-0.25, -0.2) is 0 Å². The van der Waals surface area contributed by atoms with E-state index in [2.05, 4.69) is 16.8 Å². The van der Waals surface area contributed by atoms with Crippen LogP contribution in [-0.2, 0) is 9.59 Å². The van der Waals surface area contributed by atoms with E-state index < -0.39 is 0 Å². The fraction of sp³-hybridized carbons (Fsp3) is 0.474. The number of amides is 2. The highest BCUT2D eigenvalue weighted by atomic mass is 35.5. The van der Waals surface area contributed by atoms with Gasteiger partial charge in [0.05, 0.1) is 0 Å². The molecule has 0 aromatic heterocycles. The maximum atomic E-state index is 12.4. The van der Waals surface area contributed by atoms with Gasteiger partial charge in [0, 0.05) is 56.3 Å². The van der Waals surface area contributed by atoms with Gasteiger partial charge in [0.1, 0.15) is 0 Å². The fourth-order valence-corrected chi connectivity index (χ4v) is 3.15. The van der Waals surface area contributed by atoms with Crippen molar-refractivity contribution in [2.45, 2.75) is 19.8 Å². The molecule has 0 aliphatic carbocycles. The van der Waals surface area contributed by atoms with Gasteiger partial charge in [-0.1, -0.05) is 30.7 Å². The van der Waals surface area contributed by atoms with Gasteiger partial charge in [-0.05, 0) is 24.1 Å². The zero-order chi connectivity index (χ0) is 18.2. The van der Waals surface area contributed by atoms with E-state index in [1.807, 2.05) is 36.1 Å². The third-order valence-electron chi connectivity index (χ3n) is 4.31. The Hall–Kier alpha value is -2.01. The number of carbonyl (C=O) groups is 2. The summed E-state index contributed by atoms with van der Waals surface area (Å²) in [6, 6.07) is 7.78. The molecule has 25 heavy (non-hydrogen) atoms. The molecule has 1 aliphatic heterocycles. The second-order valence-electron chi connectivity index (χ2n) is 6.45. The second kappa shape index (κ2) is 9.47. The first-order chi connectivity index (χ1) is 12.0. The van der Waals surface area contributed by atoms with E-state index in [-0.39, 0.29) is 17.7 Å². The van der Waals surface area contributed by atoms with E-state index in [1.54, 1.807) is 6.08 Å². The van der Waals surface area contributed by atoms with Crippen LogP contribution in [0.5, 0.6) is 0 Å². The Labute approximate surface area is 154 Å². The van der Waals surface area contributed by atoms with Gasteiger partial charge >= 0.3 is 0 Å². The molecule has 1 fully saturated rings. The second-order valence-corrected chi connectivity index (χ2v) is 6.89. The molecule has 1 aliphatic rings. The molecule has 5 nitrogen and oxygen atoms in total. The first kappa shape index (κ1) is 19.3. The molecule has 2 amide bonds. The van der Waals surface area contributed by atoms with Crippen molar-refractivity contribution in [1.29, 1.82) is 0 Å². The maximum absolute atomic E-state index is 12.4. The Kier molecular flexibility index (Phi) is 7.31. The Morgan fingerprint density at radius 1 is 1.28 bits per heavy atom. The van der Waals surface area contributed by atoms with Gasteiger partial charge in [0.2, 0.25) is 11.8 Å². The average Bonchev–Trinajstić information content (AvgIpc) is 2.60. The standard InChI is InChI=1S/C19H26ClN3O2/c1-3-7-21-18(24)12-15(2)13-19(25)23-10-8-22(9-11-23)17-6-4-5-16(20)14-17/h3-6,14-15H,1,7-13H2,2H3,(H,21,24). The lowest BCUT2D eigenvalue weighted by Gasteiger charge is -2.36. The van der Waals surface area contributed by atoms with Crippen LogP contribution < -0.4 is 10.2 Å². The summed E-state index contributed by atoms with van der Waals surface area (Å²) in [6.45, 7) is 8.94. The summed E-state index contributed by atoms with van der Waals surface area (Å²) in [6.07, 6.45) is 2.41. The third kappa shape index (κ3) is 6.09. The van der Waals surface area contributed by atoms with Gasteiger partial charge < -0.3 is 15.1 Å². The van der Waals surface area contributed by atoms with Crippen molar-refractivity contribution >= 4 is 29.1 Å². The molecule has 1 atom stereocenters. The predicted octanol–water partition coefficient (Wildman–Crippen LogP) is 2.71. The topological polar surface area (TPSA) is 52.7 Å². The lowest BCUT2D eigenvalue weighted by Crippen LogP contribution is -2.49. The van der Waals surface area contributed by atoms with Gasteiger partial charge in [-0.2, -0.15) is 0 Å². The molecule has 1 N–H and O–H groups in total. The molecule has 0 saturated carbocycles. The number of carbonyl (C=O) groups excluding carboxylic acids is 2. The van der Waals surface area contributed by atoms with Crippen LogP contribution in [0.1, 0.15) is 19.8 Å². The van der Waals surface area contributed by atoms with Crippen molar-refractivity contribution in [3.63, 3.8) is 0 Å². The number of hydrogen-bond acceptors (Lipinski definition) is 3. The van der Waals surface area contributed by atoms with Crippen LogP contribution in [0.15, 0.2) is 36.9 Å². The summed E-state index contributed by atoms with van der Waals surface area (Å²) in [5.41, 5.74) is 1.09. The molecule has 1 heterocycles. The number of benzene rings is 1. The highest BCUT2D eigenvalue weighted by Gasteiger charge is 2.23. The first-order valence-electron chi connectivity index (χ1n) is 8.65. The molecule has 1 unspecified atom stereocenters. The number of anilines is 1. The van der Waals surface area contributed by atoms with Crippen LogP contribution in [-0.4, -0.2) is 49.4 Å². The van der Waals surface area contributed by atoms with E-state index in [0.29, 0.717) is 32.5 Å². The number of rotatable bonds is 7. The Morgan fingerprint density at radius 2 is 2.00 bits per heavy atom. The lowest BCUT2D eigenvalue weighted by atomic mass is 10.0. The van der Waals surface area contributed by atoms with E-state index in [4.69, 9.17) is 11.6 Å². The highest BCUT2D eigenvalue weighted by molar-refractivity contribution is 6.30. The van der Waals surface area contributed by atoms with Gasteiger partial charge in [0.25, 0.3) is 0 Å². The zero-order valence-corrected chi connectivity index (χ0v) is 15.5. The van der Waals surface area contributed by atoms with E-state index >= 15 is 0 Å². The van der Waals surface area contributed by atoms with Crippen molar-refractivity contribution in [2.24, 2.45) is 5.92 Å². The van der Waals surface area contributed by atoms with Crippen molar-refractivity contribution in [1.82, 2.24) is 10.2 Å². The van der Waals surface area contributed by atoms with Crippen LogP contribution in [0.2, 0.25) is 5.02 Å². The van der Waals surface area contributed by atoms with Crippen molar-refractivity contribution in [2.75, 3.05) is 37.6 Å². The molecule has 0 bridgehead atoms. The van der Waals surface area contributed by atoms with E-state index in [9.17, 15) is 9.59 Å². The molecule has 2 rings (SSSR count). The minimum Gasteiger partial charge on any atom is -0.368 e. The number of nitrogens with zero attached hydrogens (tertiary/aromatic N) is 2. The monoisotopic (exact) mass is 363 g/mol. The Balaban J connectivity index is 1.77. The van der Waals surface area contributed by atoms with Crippen molar-refractivity contribution < 1.29 is 9.59 Å². The molecular formula is C19H26ClN3O2. The molecule has 1 aromatic rings. The minimum absolute atomic E-state index is 0.0308. The first-order valence-corrected chi connectivity index (χ1v) is 9.03. The van der Waals surface area contributed by atoms with Crippen LogP contribution in [0.3, 0.4) is 0 Å². The third-order valence-corrected chi connectivity index (χ3v) is 4.54. The molecule has 6 heteroatoms. The molecule has 136 valence electrons. The summed E-state index contributed by atoms with van der Waals surface area (Å²) < 4.78 is 0. The normalized spacial score (nSPS) is 15.6. The predicted molar refractivity (Wildman–Crippen MR) is 102 cm³/mol. The highest BCUT2D eigenvalue weighted by Crippen LogP contribution is 2.21. The Bertz CT molecular complexity index is 612. The summed E-state index contributed by atoms with van der Waals surface area (Å²) in [5, 5.41) is 3.47. The van der Waals surface area contributed by atoms with Crippen LogP contribution in [0, 0.1) is 5.92 Å². The van der Waals surface area contributed by atoms with Crippen LogP contribution in [0.25, 0.3) is 0 Å². The van der Waals surface area contributed by atoms with Gasteiger partial charge in [-0.3, -0.25) is 9.59 Å². The average molecular weight is 364 g/mol. The SMILES string of the molecule is C=CCNC(=O)CC(C)CC(=O)N1CCN(c2cccc(Cl)c2)CC1. The van der Waals surface area contributed by atoms with Gasteiger partial charge in [0.15, 0.2) is 0 Å². The van der Waals surface area contributed by atoms with E-state index in [1.165, 1.54) is 0 Å². The Morgan fingerprint density at radius 3 is 2.64 bits per heavy atom. The summed E-state index contributed by atoms with van der Waals surface area (Å²) in [5.74, 6) is 0.115. The van der Waals surface area contributed by atoms with Crippen molar-refractivity contribution in [3.8, 4) is 0 Å². The number of piperazine rings is 1. The van der Waals surface area contributed by atoms with Crippen LogP contribution >= 0.6 is 11.6 Å². The fourth-order valence-electron chi connectivity index (χ4n) is 2.96. The number of nitrogens with one attached hydrogen (secondary N) is 1. The summed E-state index contributed by atoms with van der Waals surface area (Å²) in [4.78, 5) is 28.3. The largest absolute Gasteiger partial charge is 0.368 e. The molecular weight excluding hydrogens is 338 g/mol. The van der Waals surface area contributed by atoms with Crippen LogP contribution in [0.4, 0.5) is 5.69 Å². The molecule has 1 saturated heterocycles. The van der Waals surface area contributed by atoms with E-state index in [0.717, 1.165) is 23.8 Å². The minimum atomic E-state index is -0.0361. The number of hydrogen-bond donors (Lipinski definition) is 1. The van der Waals surface area contributed by atoms with Gasteiger partial charge in [-0.15, -0.1) is 6.58 Å². The maximum Gasteiger partial charge on any atom is 0.222 e. The quantitative estimate of drug-likeness (QED) is 0.758. The molecule has 1 aromatic carbocycles. The smallest absolute Gasteiger partial charge is 0.222 e. The lowest BCUT2D eigenvalue weighted by molar-refractivity contribution is -0.132. The number of halogens is 1. The molecule has 0 radical (unpaired) electrons. The van der Waals surface area contributed by atoms with Crippen molar-refractivity contribution in [3.05, 3.63) is 41.9 Å².